The molecule has 0 saturated heterocycles. The van der Waals surface area contributed by atoms with Crippen molar-refractivity contribution < 1.29 is 14.4 Å². The molecule has 0 bridgehead atoms. The van der Waals surface area contributed by atoms with Gasteiger partial charge in [0.2, 0.25) is 0 Å². The van der Waals surface area contributed by atoms with Crippen molar-refractivity contribution in [2.75, 3.05) is 13.2 Å². The molecule has 0 radical (unpaired) electrons. The van der Waals surface area contributed by atoms with Crippen LogP contribution in [0.2, 0.25) is 0 Å². The van der Waals surface area contributed by atoms with Crippen LogP contribution < -0.4 is 9.47 Å². The molecule has 0 heterocycles. The Morgan fingerprint density at radius 1 is 0.629 bits per heavy atom. The molecule has 0 unspecified atom stereocenters. The number of nitrogens with zero attached hydrogens (tertiary/aromatic N) is 2. The summed E-state index contributed by atoms with van der Waals surface area (Å²) in [6.45, 7) is 1.37. The Bertz CT molecular complexity index is 1070. The highest BCUT2D eigenvalue weighted by molar-refractivity contribution is 5.64. The van der Waals surface area contributed by atoms with E-state index in [4.69, 9.17) is 14.7 Å². The largest absolute Gasteiger partial charge is 0.494 e. The quantitative estimate of drug-likeness (QED) is 0.128. The molecule has 0 saturated carbocycles. The lowest BCUT2D eigenvalue weighted by Crippen LogP contribution is -1.98. The summed E-state index contributed by atoms with van der Waals surface area (Å²) in [6, 6.07) is 24.1. The van der Waals surface area contributed by atoms with Crippen LogP contribution in [0.3, 0.4) is 0 Å². The Morgan fingerprint density at radius 2 is 1.03 bits per heavy atom. The van der Waals surface area contributed by atoms with Crippen molar-refractivity contribution in [2.45, 2.75) is 51.4 Å². The van der Waals surface area contributed by atoms with E-state index in [9.17, 15) is 10.1 Å². The fourth-order valence-corrected chi connectivity index (χ4v) is 3.79. The first-order chi connectivity index (χ1) is 17.2. The lowest BCUT2D eigenvalue weighted by molar-refractivity contribution is -0.384. The van der Waals surface area contributed by atoms with Gasteiger partial charge in [-0.1, -0.05) is 62.8 Å². The summed E-state index contributed by atoms with van der Waals surface area (Å²) >= 11 is 0. The molecule has 0 N–H and O–H groups in total. The maximum absolute atomic E-state index is 10.6. The predicted molar refractivity (Wildman–Crippen MR) is 138 cm³/mol. The monoisotopic (exact) mass is 472 g/mol. The van der Waals surface area contributed by atoms with Crippen LogP contribution in [0, 0.1) is 21.4 Å². The van der Waals surface area contributed by atoms with Gasteiger partial charge in [-0.15, -0.1) is 0 Å². The second-order valence-electron chi connectivity index (χ2n) is 8.49. The molecule has 0 spiro atoms. The normalized spacial score (nSPS) is 10.5. The van der Waals surface area contributed by atoms with E-state index in [1.807, 2.05) is 48.5 Å². The maximum atomic E-state index is 10.6. The molecular formula is C29H32N2O4. The second kappa shape index (κ2) is 14.4. The van der Waals surface area contributed by atoms with Gasteiger partial charge in [0.05, 0.1) is 29.8 Å². The third-order valence-electron chi connectivity index (χ3n) is 5.83. The van der Waals surface area contributed by atoms with Gasteiger partial charge in [-0.05, 0) is 60.4 Å². The molecule has 0 aliphatic carbocycles. The van der Waals surface area contributed by atoms with Gasteiger partial charge < -0.3 is 9.47 Å². The number of nitriles is 1. The second-order valence-corrected chi connectivity index (χ2v) is 8.49. The van der Waals surface area contributed by atoms with Crippen molar-refractivity contribution in [1.82, 2.24) is 0 Å². The SMILES string of the molecule is N#Cc1ccc(-c2ccc(OCCCCCCCCCCOc3ccc([N+](=O)[O-])cc3)cc2)cc1. The van der Waals surface area contributed by atoms with Crippen molar-refractivity contribution in [3.63, 3.8) is 0 Å². The van der Waals surface area contributed by atoms with E-state index in [1.54, 1.807) is 12.1 Å². The minimum absolute atomic E-state index is 0.0821. The Labute approximate surface area is 207 Å². The zero-order valence-corrected chi connectivity index (χ0v) is 20.0. The van der Waals surface area contributed by atoms with Gasteiger partial charge in [-0.25, -0.2) is 0 Å². The van der Waals surface area contributed by atoms with Crippen LogP contribution in [0.25, 0.3) is 11.1 Å². The number of ether oxygens (including phenoxy) is 2. The maximum Gasteiger partial charge on any atom is 0.269 e. The van der Waals surface area contributed by atoms with Crippen LogP contribution in [0.15, 0.2) is 72.8 Å². The summed E-state index contributed by atoms with van der Waals surface area (Å²) in [5, 5.41) is 19.6. The summed E-state index contributed by atoms with van der Waals surface area (Å²) in [7, 11) is 0. The van der Waals surface area contributed by atoms with Gasteiger partial charge in [0, 0.05) is 12.1 Å². The fourth-order valence-electron chi connectivity index (χ4n) is 3.79. The first-order valence-electron chi connectivity index (χ1n) is 12.3. The van der Waals surface area contributed by atoms with Crippen LogP contribution >= 0.6 is 0 Å². The Balaban J connectivity index is 1.16. The molecule has 0 aliphatic heterocycles. The van der Waals surface area contributed by atoms with E-state index < -0.39 is 4.92 Å². The molecule has 0 atom stereocenters. The molecule has 6 heteroatoms. The van der Waals surface area contributed by atoms with Crippen LogP contribution in [0.1, 0.15) is 56.9 Å². The molecule has 6 nitrogen and oxygen atoms in total. The van der Waals surface area contributed by atoms with Crippen molar-refractivity contribution in [1.29, 1.82) is 5.26 Å². The summed E-state index contributed by atoms with van der Waals surface area (Å²) in [5.74, 6) is 1.57. The zero-order valence-electron chi connectivity index (χ0n) is 20.0. The minimum Gasteiger partial charge on any atom is -0.494 e. The summed E-state index contributed by atoms with van der Waals surface area (Å²) in [5.41, 5.74) is 2.95. The summed E-state index contributed by atoms with van der Waals surface area (Å²) in [4.78, 5) is 10.2. The molecule has 3 aromatic rings. The molecule has 0 amide bonds. The van der Waals surface area contributed by atoms with E-state index in [0.29, 0.717) is 17.9 Å². The van der Waals surface area contributed by atoms with E-state index in [-0.39, 0.29) is 5.69 Å². The molecule has 0 fully saturated rings. The van der Waals surface area contributed by atoms with E-state index >= 15 is 0 Å². The van der Waals surface area contributed by atoms with Crippen LogP contribution in [-0.4, -0.2) is 18.1 Å². The van der Waals surface area contributed by atoms with Gasteiger partial charge in [-0.3, -0.25) is 10.1 Å². The predicted octanol–water partition coefficient (Wildman–Crippen LogP) is 7.71. The highest BCUT2D eigenvalue weighted by Crippen LogP contribution is 2.23. The first kappa shape index (κ1) is 25.8. The minimum atomic E-state index is -0.407. The van der Waals surface area contributed by atoms with Crippen molar-refractivity contribution >= 4 is 5.69 Å². The number of nitro groups is 1. The summed E-state index contributed by atoms with van der Waals surface area (Å²) in [6.07, 6.45) is 9.25. The van der Waals surface area contributed by atoms with E-state index in [1.165, 1.54) is 44.2 Å². The standard InChI is InChI=1S/C29H32N2O4/c30-23-24-9-11-25(12-10-24)26-13-17-28(18-14-26)34-21-7-5-3-1-2-4-6-8-22-35-29-19-15-27(16-20-29)31(32)33/h9-20H,1-8,21-22H2. The van der Waals surface area contributed by atoms with Gasteiger partial charge in [0.1, 0.15) is 11.5 Å². The van der Waals surface area contributed by atoms with Crippen LogP contribution in [0.5, 0.6) is 11.5 Å². The molecule has 3 rings (SSSR count). The zero-order chi connectivity index (χ0) is 24.7. The number of benzene rings is 3. The average molecular weight is 473 g/mol. The van der Waals surface area contributed by atoms with Gasteiger partial charge >= 0.3 is 0 Å². The first-order valence-corrected chi connectivity index (χ1v) is 12.3. The number of non-ortho nitro benzene ring substituents is 1. The highest BCUT2D eigenvalue weighted by Gasteiger charge is 2.04. The third-order valence-corrected chi connectivity index (χ3v) is 5.83. The average Bonchev–Trinajstić information content (AvgIpc) is 2.90. The molecular weight excluding hydrogens is 440 g/mol. The van der Waals surface area contributed by atoms with E-state index in [2.05, 4.69) is 6.07 Å². The third kappa shape index (κ3) is 9.13. The lowest BCUT2D eigenvalue weighted by atomic mass is 10.0. The smallest absolute Gasteiger partial charge is 0.269 e. The van der Waals surface area contributed by atoms with Gasteiger partial charge in [0.15, 0.2) is 0 Å². The lowest BCUT2D eigenvalue weighted by Gasteiger charge is -2.08. The van der Waals surface area contributed by atoms with E-state index in [0.717, 1.165) is 42.7 Å². The van der Waals surface area contributed by atoms with Crippen molar-refractivity contribution in [3.8, 4) is 28.7 Å². The molecule has 0 aliphatic rings. The van der Waals surface area contributed by atoms with Crippen molar-refractivity contribution in [3.05, 3.63) is 88.5 Å². The molecule has 35 heavy (non-hydrogen) atoms. The highest BCUT2D eigenvalue weighted by atomic mass is 16.6. The number of nitro benzene ring substituents is 1. The molecule has 3 aromatic carbocycles. The Morgan fingerprint density at radius 3 is 1.46 bits per heavy atom. The number of rotatable bonds is 15. The van der Waals surface area contributed by atoms with Crippen LogP contribution in [-0.2, 0) is 0 Å². The summed E-state index contributed by atoms with van der Waals surface area (Å²) < 4.78 is 11.5. The van der Waals surface area contributed by atoms with Crippen LogP contribution in [0.4, 0.5) is 5.69 Å². The Hall–Kier alpha value is -3.85. The Kier molecular flexibility index (Phi) is 10.6. The topological polar surface area (TPSA) is 85.4 Å². The van der Waals surface area contributed by atoms with Gasteiger partial charge in [-0.2, -0.15) is 5.26 Å². The van der Waals surface area contributed by atoms with Gasteiger partial charge in [0.25, 0.3) is 5.69 Å². The number of hydrogen-bond acceptors (Lipinski definition) is 5. The fraction of sp³-hybridized carbons (Fsp3) is 0.345. The van der Waals surface area contributed by atoms with Crippen molar-refractivity contribution in [2.24, 2.45) is 0 Å². The number of hydrogen-bond donors (Lipinski definition) is 0. The molecule has 182 valence electrons. The molecule has 0 aromatic heterocycles. The number of unbranched alkanes of at least 4 members (excludes halogenated alkanes) is 7.